The highest BCUT2D eigenvalue weighted by atomic mass is 32.1. The van der Waals surface area contributed by atoms with E-state index in [1.807, 2.05) is 11.3 Å². The molecule has 0 aromatic carbocycles. The number of hydrogen-bond acceptors (Lipinski definition) is 3. The molecule has 1 saturated heterocycles. The zero-order chi connectivity index (χ0) is 12.1. The Hall–Kier alpha value is -0.380. The minimum absolute atomic E-state index is 0.486. The average Bonchev–Trinajstić information content (AvgIpc) is 2.78. The maximum Gasteiger partial charge on any atom is 0.0512 e. The molecular weight excluding hydrogens is 230 g/mol. The second-order valence-corrected chi connectivity index (χ2v) is 6.02. The van der Waals surface area contributed by atoms with E-state index in [0.29, 0.717) is 12.0 Å². The summed E-state index contributed by atoms with van der Waals surface area (Å²) >= 11 is 1.85. The van der Waals surface area contributed by atoms with Crippen molar-refractivity contribution in [1.82, 2.24) is 5.32 Å². The topological polar surface area (TPSA) is 21.3 Å². The highest BCUT2D eigenvalue weighted by Crippen LogP contribution is 2.31. The van der Waals surface area contributed by atoms with E-state index in [1.165, 1.54) is 29.7 Å². The Morgan fingerprint density at radius 2 is 2.47 bits per heavy atom. The van der Waals surface area contributed by atoms with Crippen LogP contribution in [-0.4, -0.2) is 19.8 Å². The highest BCUT2D eigenvalue weighted by molar-refractivity contribution is 7.10. The van der Waals surface area contributed by atoms with Crippen molar-refractivity contribution in [2.75, 3.05) is 19.8 Å². The van der Waals surface area contributed by atoms with E-state index in [9.17, 15) is 0 Å². The molecule has 2 nitrogen and oxygen atoms in total. The monoisotopic (exact) mass is 253 g/mol. The lowest BCUT2D eigenvalue weighted by atomic mass is 9.90. The molecule has 17 heavy (non-hydrogen) atoms. The van der Waals surface area contributed by atoms with Crippen LogP contribution in [0.15, 0.2) is 11.4 Å². The van der Waals surface area contributed by atoms with Crippen LogP contribution >= 0.6 is 11.3 Å². The third-order valence-electron chi connectivity index (χ3n) is 3.39. The zero-order valence-electron chi connectivity index (χ0n) is 10.9. The lowest BCUT2D eigenvalue weighted by molar-refractivity contribution is 0.0391. The van der Waals surface area contributed by atoms with Crippen LogP contribution < -0.4 is 5.32 Å². The molecule has 96 valence electrons. The molecule has 0 aliphatic carbocycles. The lowest BCUT2D eigenvalue weighted by Gasteiger charge is -2.30. The second-order valence-electron chi connectivity index (χ2n) is 4.90. The first kappa shape index (κ1) is 13.1. The van der Waals surface area contributed by atoms with E-state index in [2.05, 4.69) is 30.6 Å². The summed E-state index contributed by atoms with van der Waals surface area (Å²) in [5.41, 5.74) is 1.46. The molecule has 0 bridgehead atoms. The fraction of sp³-hybridized carbons (Fsp3) is 0.714. The van der Waals surface area contributed by atoms with Crippen molar-refractivity contribution < 1.29 is 4.74 Å². The van der Waals surface area contributed by atoms with Crippen molar-refractivity contribution >= 4 is 11.3 Å². The van der Waals surface area contributed by atoms with Gasteiger partial charge in [-0.25, -0.2) is 0 Å². The summed E-state index contributed by atoms with van der Waals surface area (Å²) in [7, 11) is 0. The quantitative estimate of drug-likeness (QED) is 0.867. The summed E-state index contributed by atoms with van der Waals surface area (Å²) in [6.07, 6.45) is 3.68. The van der Waals surface area contributed by atoms with E-state index >= 15 is 0 Å². The zero-order valence-corrected chi connectivity index (χ0v) is 11.7. The molecule has 1 aromatic heterocycles. The molecule has 1 aromatic rings. The Bertz CT molecular complexity index is 331. The predicted molar refractivity (Wildman–Crippen MR) is 73.6 cm³/mol. The third kappa shape index (κ3) is 3.54. The summed E-state index contributed by atoms with van der Waals surface area (Å²) in [6, 6.07) is 2.81. The first-order valence-corrected chi connectivity index (χ1v) is 7.55. The number of rotatable bonds is 5. The average molecular weight is 253 g/mol. The van der Waals surface area contributed by atoms with E-state index in [-0.39, 0.29) is 0 Å². The minimum Gasteiger partial charge on any atom is -0.381 e. The molecular formula is C14H23NOS. The van der Waals surface area contributed by atoms with Gasteiger partial charge in [-0.2, -0.15) is 0 Å². The van der Waals surface area contributed by atoms with Gasteiger partial charge in [-0.3, -0.25) is 0 Å². The maximum absolute atomic E-state index is 5.63. The van der Waals surface area contributed by atoms with E-state index < -0.39 is 0 Å². The van der Waals surface area contributed by atoms with Crippen molar-refractivity contribution in [3.63, 3.8) is 0 Å². The van der Waals surface area contributed by atoms with Crippen LogP contribution in [0, 0.1) is 12.8 Å². The molecule has 2 heterocycles. The van der Waals surface area contributed by atoms with Crippen LogP contribution in [0.5, 0.6) is 0 Å². The van der Waals surface area contributed by atoms with Crippen LogP contribution in [0.3, 0.4) is 0 Å². The summed E-state index contributed by atoms with van der Waals surface area (Å²) in [6.45, 7) is 7.36. The third-order valence-corrected chi connectivity index (χ3v) is 4.27. The van der Waals surface area contributed by atoms with Crippen LogP contribution in [-0.2, 0) is 4.74 Å². The summed E-state index contributed by atoms with van der Waals surface area (Å²) in [4.78, 5) is 1.40. The summed E-state index contributed by atoms with van der Waals surface area (Å²) in [5, 5.41) is 6.00. The largest absolute Gasteiger partial charge is 0.381 e. The molecule has 2 unspecified atom stereocenters. The van der Waals surface area contributed by atoms with Crippen molar-refractivity contribution in [2.24, 2.45) is 5.92 Å². The summed E-state index contributed by atoms with van der Waals surface area (Å²) < 4.78 is 5.63. The van der Waals surface area contributed by atoms with E-state index in [4.69, 9.17) is 4.74 Å². The molecule has 2 atom stereocenters. The first-order valence-electron chi connectivity index (χ1n) is 6.67. The molecule has 1 fully saturated rings. The number of aryl methyl sites for hydroxylation is 1. The Morgan fingerprint density at radius 1 is 1.59 bits per heavy atom. The van der Waals surface area contributed by atoms with Crippen LogP contribution in [0.1, 0.15) is 42.7 Å². The standard InChI is InChI=1S/C14H23NOS/c1-3-6-15-14(12-5-4-7-16-9-12)13-8-11(2)17-10-13/h8,10,12,14-15H,3-7,9H2,1-2H3. The van der Waals surface area contributed by atoms with Crippen molar-refractivity contribution in [2.45, 2.75) is 39.2 Å². The van der Waals surface area contributed by atoms with Gasteiger partial charge in [-0.15, -0.1) is 11.3 Å². The minimum atomic E-state index is 0.486. The molecule has 1 aliphatic rings. The Balaban J connectivity index is 2.06. The smallest absolute Gasteiger partial charge is 0.0512 e. The van der Waals surface area contributed by atoms with Crippen LogP contribution in [0.4, 0.5) is 0 Å². The molecule has 1 aliphatic heterocycles. The second kappa shape index (κ2) is 6.53. The molecule has 0 amide bonds. The highest BCUT2D eigenvalue weighted by Gasteiger charge is 2.25. The van der Waals surface area contributed by atoms with Crippen molar-refractivity contribution in [1.29, 1.82) is 0 Å². The van der Waals surface area contributed by atoms with Gasteiger partial charge in [0.15, 0.2) is 0 Å². The van der Waals surface area contributed by atoms with Crippen LogP contribution in [0.2, 0.25) is 0 Å². The van der Waals surface area contributed by atoms with Gasteiger partial charge in [0.1, 0.15) is 0 Å². The number of nitrogens with one attached hydrogen (secondary N) is 1. The van der Waals surface area contributed by atoms with Gasteiger partial charge in [0, 0.05) is 23.4 Å². The van der Waals surface area contributed by atoms with Gasteiger partial charge < -0.3 is 10.1 Å². The van der Waals surface area contributed by atoms with E-state index in [0.717, 1.165) is 19.8 Å². The summed E-state index contributed by atoms with van der Waals surface area (Å²) in [5.74, 6) is 0.643. The Kier molecular flexibility index (Phi) is 5.01. The van der Waals surface area contributed by atoms with Gasteiger partial charge in [0.05, 0.1) is 6.61 Å². The van der Waals surface area contributed by atoms with Gasteiger partial charge in [-0.05, 0) is 49.7 Å². The number of hydrogen-bond donors (Lipinski definition) is 1. The number of ether oxygens (including phenoxy) is 1. The van der Waals surface area contributed by atoms with Gasteiger partial charge >= 0.3 is 0 Å². The number of thiophene rings is 1. The van der Waals surface area contributed by atoms with Crippen LogP contribution in [0.25, 0.3) is 0 Å². The molecule has 2 rings (SSSR count). The Labute approximate surface area is 108 Å². The molecule has 0 saturated carbocycles. The van der Waals surface area contributed by atoms with E-state index in [1.54, 1.807) is 0 Å². The predicted octanol–water partition coefficient (Wildman–Crippen LogP) is 3.52. The van der Waals surface area contributed by atoms with Gasteiger partial charge in [-0.1, -0.05) is 6.92 Å². The maximum atomic E-state index is 5.63. The van der Waals surface area contributed by atoms with Gasteiger partial charge in [0.25, 0.3) is 0 Å². The molecule has 1 N–H and O–H groups in total. The first-order chi connectivity index (χ1) is 8.31. The fourth-order valence-corrected chi connectivity index (χ4v) is 3.25. The normalized spacial score (nSPS) is 22.6. The van der Waals surface area contributed by atoms with Crippen molar-refractivity contribution in [3.05, 3.63) is 21.9 Å². The Morgan fingerprint density at radius 3 is 3.06 bits per heavy atom. The molecule has 3 heteroatoms. The van der Waals surface area contributed by atoms with Gasteiger partial charge in [0.2, 0.25) is 0 Å². The fourth-order valence-electron chi connectivity index (χ4n) is 2.51. The molecule has 0 spiro atoms. The van der Waals surface area contributed by atoms with Crippen molar-refractivity contribution in [3.8, 4) is 0 Å². The lowest BCUT2D eigenvalue weighted by Crippen LogP contribution is -2.33. The molecule has 0 radical (unpaired) electrons. The SMILES string of the molecule is CCCNC(c1csc(C)c1)C1CCCOC1.